The van der Waals surface area contributed by atoms with E-state index in [9.17, 15) is 33.3 Å². The highest BCUT2D eigenvalue weighted by atomic mass is 19.4. The van der Waals surface area contributed by atoms with Gasteiger partial charge in [0.15, 0.2) is 6.29 Å². The normalized spacial score (nSPS) is 33.4. The Hall–Kier alpha value is -1.10. The molecule has 0 saturated carbocycles. The van der Waals surface area contributed by atoms with Crippen LogP contribution >= 0.6 is 0 Å². The molecule has 1 saturated heterocycles. The van der Waals surface area contributed by atoms with Crippen LogP contribution in [-0.4, -0.2) is 64.3 Å². The van der Waals surface area contributed by atoms with Crippen molar-refractivity contribution in [2.24, 2.45) is 5.92 Å². The fraction of sp³-hybridized carbons (Fsp3) is 0.917. The molecule has 2 unspecified atom stereocenters. The summed E-state index contributed by atoms with van der Waals surface area (Å²) in [5.41, 5.74) is -0.781. The number of aliphatic hydroxyl groups is 3. The van der Waals surface area contributed by atoms with E-state index in [0.29, 0.717) is 0 Å². The first-order chi connectivity index (χ1) is 9.83. The van der Waals surface area contributed by atoms with Gasteiger partial charge in [-0.2, -0.15) is 13.2 Å². The summed E-state index contributed by atoms with van der Waals surface area (Å²) in [5, 5.41) is 30.7. The van der Waals surface area contributed by atoms with E-state index in [1.807, 2.05) is 0 Å². The molecule has 10 heteroatoms. The van der Waals surface area contributed by atoms with Gasteiger partial charge in [-0.15, -0.1) is 0 Å². The number of amides is 1. The highest BCUT2D eigenvalue weighted by molar-refractivity contribution is 5.67. The molecular formula is C12H20F3NO6. The largest absolute Gasteiger partial charge is 0.444 e. The van der Waals surface area contributed by atoms with Crippen LogP contribution in [0.5, 0.6) is 0 Å². The minimum Gasteiger partial charge on any atom is -0.444 e. The summed E-state index contributed by atoms with van der Waals surface area (Å²) in [6.45, 7) is 4.40. The van der Waals surface area contributed by atoms with Crippen molar-refractivity contribution < 1.29 is 42.8 Å². The first kappa shape index (κ1) is 18.9. The summed E-state index contributed by atoms with van der Waals surface area (Å²) < 4.78 is 47.5. The summed E-state index contributed by atoms with van der Waals surface area (Å²) >= 11 is 0. The molecule has 22 heavy (non-hydrogen) atoms. The van der Waals surface area contributed by atoms with Gasteiger partial charge in [-0.05, 0) is 20.8 Å². The third-order valence-electron chi connectivity index (χ3n) is 2.94. The summed E-state index contributed by atoms with van der Waals surface area (Å²) in [4.78, 5) is 11.4. The van der Waals surface area contributed by atoms with Crippen LogP contribution in [-0.2, 0) is 9.47 Å². The maximum absolute atomic E-state index is 12.6. The van der Waals surface area contributed by atoms with Gasteiger partial charge in [0.25, 0.3) is 0 Å². The van der Waals surface area contributed by atoms with Crippen LogP contribution in [0.3, 0.4) is 0 Å². The number of alkyl halides is 3. The highest BCUT2D eigenvalue weighted by Crippen LogP contribution is 2.37. The molecule has 5 atom stereocenters. The van der Waals surface area contributed by atoms with Crippen molar-refractivity contribution in [1.82, 2.24) is 5.32 Å². The second kappa shape index (κ2) is 6.57. The summed E-state index contributed by atoms with van der Waals surface area (Å²) in [6, 6.07) is 0. The maximum Gasteiger partial charge on any atom is 0.407 e. The van der Waals surface area contributed by atoms with Gasteiger partial charge in [-0.25, -0.2) is 4.79 Å². The number of alkyl carbamates (subject to hydrolysis) is 1. The predicted molar refractivity (Wildman–Crippen MR) is 66.7 cm³/mol. The van der Waals surface area contributed by atoms with E-state index in [2.05, 4.69) is 10.1 Å². The molecule has 0 bridgehead atoms. The Kier molecular flexibility index (Phi) is 5.66. The molecule has 7 nitrogen and oxygen atoms in total. The first-order valence-corrected chi connectivity index (χ1v) is 6.56. The number of halogens is 3. The Balaban J connectivity index is 2.63. The maximum atomic E-state index is 12.6. The van der Waals surface area contributed by atoms with Gasteiger partial charge in [0, 0.05) is 6.54 Å². The molecule has 1 aliphatic rings. The molecular weight excluding hydrogens is 311 g/mol. The molecule has 0 spiro atoms. The molecule has 1 amide bonds. The molecule has 1 rings (SSSR count). The molecule has 130 valence electrons. The monoisotopic (exact) mass is 331 g/mol. The molecule has 1 aliphatic heterocycles. The third kappa shape index (κ3) is 4.97. The topological polar surface area (TPSA) is 108 Å². The average molecular weight is 331 g/mol. The number of carbonyl (C=O) groups excluding carboxylic acids is 1. The average Bonchev–Trinajstić information content (AvgIpc) is 2.28. The standard InChI is InChI=1S/C12H20F3NO6/c1-11(2,3)22-10(20)16-4-5-7(17)8(18)6(9(19)21-5)12(13,14)15/h5-9,17-19H,4H2,1-3H3,(H,16,20)/t5?,6-,7+,8-,9?/m1/s1. The van der Waals surface area contributed by atoms with E-state index in [-0.39, 0.29) is 0 Å². The van der Waals surface area contributed by atoms with Crippen LogP contribution in [0, 0.1) is 5.92 Å². The molecule has 0 aliphatic carbocycles. The van der Waals surface area contributed by atoms with Gasteiger partial charge in [0.05, 0.1) is 6.10 Å². The van der Waals surface area contributed by atoms with Crippen LogP contribution in [0.2, 0.25) is 0 Å². The Morgan fingerprint density at radius 3 is 2.18 bits per heavy atom. The third-order valence-corrected chi connectivity index (χ3v) is 2.94. The van der Waals surface area contributed by atoms with E-state index in [1.165, 1.54) is 0 Å². The fourth-order valence-electron chi connectivity index (χ4n) is 1.97. The van der Waals surface area contributed by atoms with Gasteiger partial charge < -0.3 is 30.1 Å². The zero-order valence-corrected chi connectivity index (χ0v) is 12.3. The molecule has 0 aromatic carbocycles. The van der Waals surface area contributed by atoms with Crippen molar-refractivity contribution >= 4 is 6.09 Å². The van der Waals surface area contributed by atoms with E-state index in [0.717, 1.165) is 0 Å². The van der Waals surface area contributed by atoms with Crippen LogP contribution in [0.15, 0.2) is 0 Å². The number of hydrogen-bond acceptors (Lipinski definition) is 6. The zero-order chi connectivity index (χ0) is 17.3. The summed E-state index contributed by atoms with van der Waals surface area (Å²) in [5.74, 6) is -2.62. The lowest BCUT2D eigenvalue weighted by atomic mass is 9.90. The van der Waals surface area contributed by atoms with E-state index in [4.69, 9.17) is 4.74 Å². The molecule has 0 aromatic heterocycles. The van der Waals surface area contributed by atoms with Crippen molar-refractivity contribution in [2.75, 3.05) is 6.54 Å². The van der Waals surface area contributed by atoms with Gasteiger partial charge in [0.1, 0.15) is 23.7 Å². The fourth-order valence-corrected chi connectivity index (χ4v) is 1.97. The highest BCUT2D eigenvalue weighted by Gasteiger charge is 2.56. The minimum absolute atomic E-state index is 0.436. The molecule has 0 aromatic rings. The molecule has 1 fully saturated rings. The van der Waals surface area contributed by atoms with Gasteiger partial charge >= 0.3 is 12.3 Å². The van der Waals surface area contributed by atoms with E-state index < -0.39 is 54.9 Å². The molecule has 4 N–H and O–H groups in total. The van der Waals surface area contributed by atoms with Crippen molar-refractivity contribution in [3.8, 4) is 0 Å². The summed E-state index contributed by atoms with van der Waals surface area (Å²) in [6.07, 6.45) is -13.8. The number of hydrogen-bond donors (Lipinski definition) is 4. The van der Waals surface area contributed by atoms with Gasteiger partial charge in [-0.1, -0.05) is 0 Å². The SMILES string of the molecule is CC(C)(C)OC(=O)NCC1OC(O)[C@H](C(F)(F)F)[C@@H](O)[C@H]1O. The van der Waals surface area contributed by atoms with E-state index in [1.54, 1.807) is 20.8 Å². The van der Waals surface area contributed by atoms with Crippen molar-refractivity contribution in [1.29, 1.82) is 0 Å². The van der Waals surface area contributed by atoms with Crippen molar-refractivity contribution in [3.63, 3.8) is 0 Å². The Labute approximate surface area is 125 Å². The Morgan fingerprint density at radius 2 is 1.73 bits per heavy atom. The van der Waals surface area contributed by atoms with Crippen LogP contribution in [0.25, 0.3) is 0 Å². The predicted octanol–water partition coefficient (Wildman–Crippen LogP) is 0.129. The van der Waals surface area contributed by atoms with Crippen LogP contribution in [0.4, 0.5) is 18.0 Å². The number of aliphatic hydroxyl groups excluding tert-OH is 3. The van der Waals surface area contributed by atoms with Crippen LogP contribution < -0.4 is 5.32 Å². The van der Waals surface area contributed by atoms with Crippen molar-refractivity contribution in [3.05, 3.63) is 0 Å². The van der Waals surface area contributed by atoms with Crippen LogP contribution in [0.1, 0.15) is 20.8 Å². The lowest BCUT2D eigenvalue weighted by Crippen LogP contribution is -2.61. The minimum atomic E-state index is -4.94. The summed E-state index contributed by atoms with van der Waals surface area (Å²) in [7, 11) is 0. The Morgan fingerprint density at radius 1 is 1.18 bits per heavy atom. The smallest absolute Gasteiger partial charge is 0.407 e. The van der Waals surface area contributed by atoms with Crippen molar-refractivity contribution in [2.45, 2.75) is 57.2 Å². The zero-order valence-electron chi connectivity index (χ0n) is 12.3. The number of rotatable bonds is 2. The second-order valence-corrected chi connectivity index (χ2v) is 6.00. The molecule has 0 radical (unpaired) electrons. The van der Waals surface area contributed by atoms with E-state index >= 15 is 0 Å². The number of ether oxygens (including phenoxy) is 2. The number of carbonyl (C=O) groups is 1. The Bertz CT molecular complexity index is 397. The second-order valence-electron chi connectivity index (χ2n) is 6.00. The number of nitrogens with one attached hydrogen (secondary N) is 1. The lowest BCUT2D eigenvalue weighted by Gasteiger charge is -2.41. The first-order valence-electron chi connectivity index (χ1n) is 6.56. The quantitative estimate of drug-likeness (QED) is 0.573. The lowest BCUT2D eigenvalue weighted by molar-refractivity contribution is -0.330. The van der Waals surface area contributed by atoms with Gasteiger partial charge in [-0.3, -0.25) is 0 Å². The van der Waals surface area contributed by atoms with Gasteiger partial charge in [0.2, 0.25) is 0 Å². The molecule has 1 heterocycles.